The van der Waals surface area contributed by atoms with Crippen molar-refractivity contribution >= 4 is 16.7 Å². The van der Waals surface area contributed by atoms with E-state index in [2.05, 4.69) is 62.6 Å². The predicted molar refractivity (Wildman–Crippen MR) is 98.0 cm³/mol. The number of rotatable bonds is 4. The van der Waals surface area contributed by atoms with Crippen molar-refractivity contribution in [2.24, 2.45) is 0 Å². The number of hydrogen-bond donors (Lipinski definition) is 1. The van der Waals surface area contributed by atoms with Crippen LogP contribution in [0.3, 0.4) is 0 Å². The van der Waals surface area contributed by atoms with E-state index < -0.39 is 0 Å². The van der Waals surface area contributed by atoms with Crippen LogP contribution >= 0.6 is 0 Å². The molecule has 4 nitrogen and oxygen atoms in total. The van der Waals surface area contributed by atoms with E-state index in [-0.39, 0.29) is 0 Å². The molecule has 1 fully saturated rings. The van der Waals surface area contributed by atoms with Crippen molar-refractivity contribution in [3.63, 3.8) is 0 Å². The highest BCUT2D eigenvalue weighted by molar-refractivity contribution is 5.85. The first-order chi connectivity index (χ1) is 11.8. The topological polar surface area (TPSA) is 41.1 Å². The summed E-state index contributed by atoms with van der Waals surface area (Å²) in [6.07, 6.45) is 2.94. The fourth-order valence-corrected chi connectivity index (χ4v) is 3.47. The second-order valence-corrected chi connectivity index (χ2v) is 6.52. The lowest BCUT2D eigenvalue weighted by Gasteiger charge is -2.18. The molecular formula is C20H22N4. The minimum absolute atomic E-state index is 0.418. The van der Waals surface area contributed by atoms with Gasteiger partial charge in [0.15, 0.2) is 0 Å². The van der Waals surface area contributed by atoms with Crippen molar-refractivity contribution in [3.8, 4) is 0 Å². The molecule has 0 saturated carbocycles. The summed E-state index contributed by atoms with van der Waals surface area (Å²) < 4.78 is 0. The second kappa shape index (κ2) is 6.57. The maximum atomic E-state index is 4.45. The summed E-state index contributed by atoms with van der Waals surface area (Å²) in [5, 5.41) is 6.15. The molecule has 1 aliphatic heterocycles. The van der Waals surface area contributed by atoms with Crippen LogP contribution in [0.2, 0.25) is 0 Å². The SMILES string of the molecule is Cc1ccnc(NC2CCN(Cc3cccc4ccccc34)C2)n1. The number of nitrogens with zero attached hydrogens (tertiary/aromatic N) is 3. The number of fused-ring (bicyclic) bond motifs is 1. The van der Waals surface area contributed by atoms with Crippen LogP contribution in [0.5, 0.6) is 0 Å². The van der Waals surface area contributed by atoms with Gasteiger partial charge >= 0.3 is 0 Å². The second-order valence-electron chi connectivity index (χ2n) is 6.52. The quantitative estimate of drug-likeness (QED) is 0.797. The number of anilines is 1. The Bertz CT molecular complexity index is 840. The average Bonchev–Trinajstić information content (AvgIpc) is 3.02. The lowest BCUT2D eigenvalue weighted by atomic mass is 10.0. The van der Waals surface area contributed by atoms with Gasteiger partial charge in [-0.1, -0.05) is 42.5 Å². The third kappa shape index (κ3) is 3.24. The van der Waals surface area contributed by atoms with Gasteiger partial charge in [-0.3, -0.25) is 4.90 Å². The van der Waals surface area contributed by atoms with Gasteiger partial charge in [0, 0.05) is 37.6 Å². The number of aromatic nitrogens is 2. The summed E-state index contributed by atoms with van der Waals surface area (Å²) >= 11 is 0. The Morgan fingerprint density at radius 3 is 2.92 bits per heavy atom. The Balaban J connectivity index is 1.43. The summed E-state index contributed by atoms with van der Waals surface area (Å²) in [7, 11) is 0. The molecule has 3 aromatic rings. The van der Waals surface area contributed by atoms with Crippen LogP contribution in [-0.4, -0.2) is 34.0 Å². The molecule has 1 N–H and O–H groups in total. The van der Waals surface area contributed by atoms with Crippen LogP contribution in [-0.2, 0) is 6.54 Å². The van der Waals surface area contributed by atoms with Crippen LogP contribution in [0.25, 0.3) is 10.8 Å². The van der Waals surface area contributed by atoms with E-state index in [1.807, 2.05) is 19.2 Å². The van der Waals surface area contributed by atoms with Gasteiger partial charge in [0.1, 0.15) is 0 Å². The van der Waals surface area contributed by atoms with Gasteiger partial charge in [0.2, 0.25) is 5.95 Å². The first-order valence-corrected chi connectivity index (χ1v) is 8.53. The van der Waals surface area contributed by atoms with Gasteiger partial charge in [-0.15, -0.1) is 0 Å². The molecule has 0 aliphatic carbocycles. The fourth-order valence-electron chi connectivity index (χ4n) is 3.47. The highest BCUT2D eigenvalue weighted by Crippen LogP contribution is 2.22. The third-order valence-corrected chi connectivity index (χ3v) is 4.67. The van der Waals surface area contributed by atoms with E-state index in [1.165, 1.54) is 16.3 Å². The molecule has 2 heterocycles. The van der Waals surface area contributed by atoms with Crippen molar-refractivity contribution in [3.05, 3.63) is 66.0 Å². The molecule has 1 unspecified atom stereocenters. The maximum Gasteiger partial charge on any atom is 0.223 e. The Morgan fingerprint density at radius 1 is 1.12 bits per heavy atom. The van der Waals surface area contributed by atoms with Gasteiger partial charge in [-0.05, 0) is 35.7 Å². The van der Waals surface area contributed by atoms with Crippen LogP contribution in [0.15, 0.2) is 54.7 Å². The summed E-state index contributed by atoms with van der Waals surface area (Å²) in [5.74, 6) is 0.743. The normalized spacial score (nSPS) is 18.1. The van der Waals surface area contributed by atoms with Crippen LogP contribution in [0.4, 0.5) is 5.95 Å². The van der Waals surface area contributed by atoms with E-state index in [0.29, 0.717) is 6.04 Å². The van der Waals surface area contributed by atoms with Crippen LogP contribution in [0, 0.1) is 6.92 Å². The highest BCUT2D eigenvalue weighted by Gasteiger charge is 2.23. The Hall–Kier alpha value is -2.46. The van der Waals surface area contributed by atoms with Crippen molar-refractivity contribution in [1.82, 2.24) is 14.9 Å². The van der Waals surface area contributed by atoms with Crippen molar-refractivity contribution in [2.45, 2.75) is 25.9 Å². The van der Waals surface area contributed by atoms with E-state index in [4.69, 9.17) is 0 Å². The average molecular weight is 318 g/mol. The van der Waals surface area contributed by atoms with E-state index in [0.717, 1.165) is 37.7 Å². The molecule has 0 amide bonds. The largest absolute Gasteiger partial charge is 0.350 e. The van der Waals surface area contributed by atoms with Gasteiger partial charge < -0.3 is 5.32 Å². The van der Waals surface area contributed by atoms with Gasteiger partial charge in [-0.25, -0.2) is 9.97 Å². The monoisotopic (exact) mass is 318 g/mol. The molecule has 1 atom stereocenters. The van der Waals surface area contributed by atoms with Crippen LogP contribution in [0.1, 0.15) is 17.7 Å². The summed E-state index contributed by atoms with van der Waals surface area (Å²) in [6.45, 7) is 5.12. The molecule has 24 heavy (non-hydrogen) atoms. The molecular weight excluding hydrogens is 296 g/mol. The molecule has 0 radical (unpaired) electrons. The minimum Gasteiger partial charge on any atom is -0.350 e. The Morgan fingerprint density at radius 2 is 2.00 bits per heavy atom. The lowest BCUT2D eigenvalue weighted by Crippen LogP contribution is -2.26. The fraction of sp³-hybridized carbons (Fsp3) is 0.300. The molecule has 1 saturated heterocycles. The Kier molecular flexibility index (Phi) is 4.13. The number of hydrogen-bond acceptors (Lipinski definition) is 4. The van der Waals surface area contributed by atoms with Crippen molar-refractivity contribution < 1.29 is 0 Å². The Labute approximate surface area is 142 Å². The standard InChI is InChI=1S/C20H22N4/c1-15-9-11-21-20(22-15)23-18-10-12-24(14-18)13-17-7-4-6-16-5-2-3-8-19(16)17/h2-9,11,18H,10,12-14H2,1H3,(H,21,22,23). The minimum atomic E-state index is 0.418. The predicted octanol–water partition coefficient (Wildman–Crippen LogP) is 3.62. The summed E-state index contributed by atoms with van der Waals surface area (Å²) in [5.41, 5.74) is 2.40. The van der Waals surface area contributed by atoms with Crippen molar-refractivity contribution in [2.75, 3.05) is 18.4 Å². The number of benzene rings is 2. The van der Waals surface area contributed by atoms with Gasteiger partial charge in [0.25, 0.3) is 0 Å². The first kappa shape index (κ1) is 15.1. The molecule has 0 spiro atoms. The van der Waals surface area contributed by atoms with E-state index >= 15 is 0 Å². The van der Waals surface area contributed by atoms with E-state index in [9.17, 15) is 0 Å². The molecule has 1 aromatic heterocycles. The maximum absolute atomic E-state index is 4.45. The zero-order valence-electron chi connectivity index (χ0n) is 13.9. The van der Waals surface area contributed by atoms with Crippen LogP contribution < -0.4 is 5.32 Å². The number of aryl methyl sites for hydroxylation is 1. The zero-order chi connectivity index (χ0) is 16.4. The summed E-state index contributed by atoms with van der Waals surface area (Å²) in [6, 6.07) is 17.5. The third-order valence-electron chi connectivity index (χ3n) is 4.67. The van der Waals surface area contributed by atoms with Gasteiger partial charge in [-0.2, -0.15) is 0 Å². The van der Waals surface area contributed by atoms with E-state index in [1.54, 1.807) is 0 Å². The molecule has 1 aliphatic rings. The molecule has 4 heteroatoms. The first-order valence-electron chi connectivity index (χ1n) is 8.53. The smallest absolute Gasteiger partial charge is 0.223 e. The highest BCUT2D eigenvalue weighted by atomic mass is 15.2. The molecule has 0 bridgehead atoms. The number of nitrogens with one attached hydrogen (secondary N) is 1. The van der Waals surface area contributed by atoms with Crippen molar-refractivity contribution in [1.29, 1.82) is 0 Å². The molecule has 2 aromatic carbocycles. The lowest BCUT2D eigenvalue weighted by molar-refractivity contribution is 0.330. The molecule has 4 rings (SSSR count). The number of likely N-dealkylation sites (tertiary alicyclic amines) is 1. The zero-order valence-corrected chi connectivity index (χ0v) is 13.9. The summed E-state index contributed by atoms with van der Waals surface area (Å²) in [4.78, 5) is 11.3. The molecule has 122 valence electrons. The van der Waals surface area contributed by atoms with Gasteiger partial charge in [0.05, 0.1) is 0 Å².